The van der Waals surface area contributed by atoms with Crippen LogP contribution >= 0.6 is 11.8 Å². The number of hydrogen-bond acceptors (Lipinski definition) is 3. The van der Waals surface area contributed by atoms with Crippen molar-refractivity contribution in [3.8, 4) is 0 Å². The van der Waals surface area contributed by atoms with Crippen molar-refractivity contribution in [2.24, 2.45) is 0 Å². The molecule has 0 atom stereocenters. The van der Waals surface area contributed by atoms with Crippen molar-refractivity contribution >= 4 is 29.0 Å². The molecular weight excluding hydrogens is 256 g/mol. The Bertz CT molecular complexity index is 611. The van der Waals surface area contributed by atoms with E-state index in [-0.39, 0.29) is 5.91 Å². The lowest BCUT2D eigenvalue weighted by molar-refractivity contribution is 0.102. The number of aryl methyl sites for hydroxylation is 1. The van der Waals surface area contributed by atoms with E-state index < -0.39 is 0 Å². The molecule has 19 heavy (non-hydrogen) atoms. The summed E-state index contributed by atoms with van der Waals surface area (Å²) in [6.07, 6.45) is 1.98. The Morgan fingerprint density at radius 1 is 1.16 bits per heavy atom. The number of carbonyl (C=O) groups is 1. The normalized spacial score (nSPS) is 10.2. The molecule has 3 nitrogen and oxygen atoms in total. The predicted octanol–water partition coefficient (Wildman–Crippen LogP) is 3.55. The summed E-state index contributed by atoms with van der Waals surface area (Å²) in [5.74, 6) is -0.178. The molecule has 4 heteroatoms. The van der Waals surface area contributed by atoms with Crippen LogP contribution < -0.4 is 11.1 Å². The molecule has 0 saturated carbocycles. The van der Waals surface area contributed by atoms with Crippen LogP contribution in [0.2, 0.25) is 0 Å². The number of nitrogen functional groups attached to an aromatic ring is 1. The molecule has 0 aliphatic rings. The Morgan fingerprint density at radius 3 is 2.63 bits per heavy atom. The molecule has 0 spiro atoms. The monoisotopic (exact) mass is 272 g/mol. The third-order valence-corrected chi connectivity index (χ3v) is 3.72. The summed E-state index contributed by atoms with van der Waals surface area (Å²) in [6, 6.07) is 13.2. The fourth-order valence-electron chi connectivity index (χ4n) is 1.82. The van der Waals surface area contributed by atoms with Crippen LogP contribution in [-0.2, 0) is 0 Å². The van der Waals surface area contributed by atoms with Crippen molar-refractivity contribution < 1.29 is 4.79 Å². The second-order valence-electron chi connectivity index (χ2n) is 4.19. The van der Waals surface area contributed by atoms with Crippen molar-refractivity contribution in [3.05, 3.63) is 53.6 Å². The summed E-state index contributed by atoms with van der Waals surface area (Å²) in [7, 11) is 0. The van der Waals surface area contributed by atoms with Crippen LogP contribution in [0, 0.1) is 6.92 Å². The molecule has 0 aliphatic heterocycles. The first-order valence-electron chi connectivity index (χ1n) is 5.93. The number of amides is 1. The number of anilines is 2. The lowest BCUT2D eigenvalue weighted by Gasteiger charge is -2.11. The first-order chi connectivity index (χ1) is 9.13. The highest BCUT2D eigenvalue weighted by atomic mass is 32.2. The van der Waals surface area contributed by atoms with Gasteiger partial charge in [-0.15, -0.1) is 11.8 Å². The van der Waals surface area contributed by atoms with E-state index in [0.29, 0.717) is 11.3 Å². The molecule has 98 valence electrons. The minimum absolute atomic E-state index is 0.178. The number of hydrogen-bond donors (Lipinski definition) is 2. The third kappa shape index (κ3) is 2.90. The molecule has 2 aromatic rings. The molecule has 0 saturated heterocycles. The highest BCUT2D eigenvalue weighted by molar-refractivity contribution is 7.98. The number of carbonyl (C=O) groups excluding carboxylic acids is 1. The molecule has 0 unspecified atom stereocenters. The maximum absolute atomic E-state index is 12.3. The zero-order valence-electron chi connectivity index (χ0n) is 10.9. The molecule has 1 amide bonds. The van der Waals surface area contributed by atoms with E-state index in [4.69, 9.17) is 5.73 Å². The largest absolute Gasteiger partial charge is 0.398 e. The molecule has 0 bridgehead atoms. The standard InChI is InChI=1S/C15H16N2OS/c1-10-6-5-7-11(14(10)16)15(18)17-12-8-3-4-9-13(12)19-2/h3-9H,16H2,1-2H3,(H,17,18). The molecule has 2 aromatic carbocycles. The smallest absolute Gasteiger partial charge is 0.257 e. The van der Waals surface area contributed by atoms with Gasteiger partial charge in [0.15, 0.2) is 0 Å². The molecule has 0 fully saturated rings. The number of benzene rings is 2. The maximum Gasteiger partial charge on any atom is 0.257 e. The average molecular weight is 272 g/mol. The zero-order chi connectivity index (χ0) is 13.8. The van der Waals surface area contributed by atoms with Crippen LogP contribution in [0.1, 0.15) is 15.9 Å². The van der Waals surface area contributed by atoms with Crippen molar-refractivity contribution in [2.75, 3.05) is 17.3 Å². The molecular formula is C15H16N2OS. The van der Waals surface area contributed by atoms with Crippen molar-refractivity contribution in [1.82, 2.24) is 0 Å². The average Bonchev–Trinajstić information content (AvgIpc) is 2.42. The predicted molar refractivity (Wildman–Crippen MR) is 81.8 cm³/mol. The van der Waals surface area contributed by atoms with E-state index in [1.165, 1.54) is 0 Å². The summed E-state index contributed by atoms with van der Waals surface area (Å²) < 4.78 is 0. The summed E-state index contributed by atoms with van der Waals surface area (Å²) in [5, 5.41) is 2.91. The zero-order valence-corrected chi connectivity index (χ0v) is 11.8. The van der Waals surface area contributed by atoms with Gasteiger partial charge in [0.2, 0.25) is 0 Å². The van der Waals surface area contributed by atoms with Gasteiger partial charge in [-0.1, -0.05) is 24.3 Å². The highest BCUT2D eigenvalue weighted by Gasteiger charge is 2.12. The minimum Gasteiger partial charge on any atom is -0.398 e. The van der Waals surface area contributed by atoms with Crippen LogP contribution in [0.5, 0.6) is 0 Å². The maximum atomic E-state index is 12.3. The summed E-state index contributed by atoms with van der Waals surface area (Å²) in [6.45, 7) is 1.89. The van der Waals surface area contributed by atoms with Gasteiger partial charge in [0.05, 0.1) is 11.3 Å². The van der Waals surface area contributed by atoms with E-state index >= 15 is 0 Å². The van der Waals surface area contributed by atoms with Crippen LogP contribution in [0.4, 0.5) is 11.4 Å². The molecule has 2 rings (SSSR count). The van der Waals surface area contributed by atoms with E-state index in [2.05, 4.69) is 5.32 Å². The second-order valence-corrected chi connectivity index (χ2v) is 5.04. The van der Waals surface area contributed by atoms with E-state index in [9.17, 15) is 4.79 Å². The Balaban J connectivity index is 2.28. The lowest BCUT2D eigenvalue weighted by atomic mass is 10.1. The van der Waals surface area contributed by atoms with Crippen LogP contribution in [0.15, 0.2) is 47.4 Å². The van der Waals surface area contributed by atoms with Crippen molar-refractivity contribution in [3.63, 3.8) is 0 Å². The first-order valence-corrected chi connectivity index (χ1v) is 7.15. The van der Waals surface area contributed by atoms with Gasteiger partial charge in [0.1, 0.15) is 0 Å². The van der Waals surface area contributed by atoms with Gasteiger partial charge < -0.3 is 11.1 Å². The van der Waals surface area contributed by atoms with Crippen LogP contribution in [0.3, 0.4) is 0 Å². The van der Waals surface area contributed by atoms with E-state index in [0.717, 1.165) is 16.1 Å². The molecule has 0 radical (unpaired) electrons. The molecule has 0 aliphatic carbocycles. The summed E-state index contributed by atoms with van der Waals surface area (Å²) in [4.78, 5) is 13.3. The Morgan fingerprint density at radius 2 is 1.89 bits per heavy atom. The van der Waals surface area contributed by atoms with Gasteiger partial charge in [-0.2, -0.15) is 0 Å². The quantitative estimate of drug-likeness (QED) is 0.663. The number of thioether (sulfide) groups is 1. The summed E-state index contributed by atoms with van der Waals surface area (Å²) >= 11 is 1.59. The highest BCUT2D eigenvalue weighted by Crippen LogP contribution is 2.26. The Hall–Kier alpha value is -1.94. The first kappa shape index (κ1) is 13.5. The van der Waals surface area contributed by atoms with E-state index in [1.807, 2.05) is 49.6 Å². The van der Waals surface area contributed by atoms with Crippen molar-refractivity contribution in [1.29, 1.82) is 0 Å². The molecule has 0 aromatic heterocycles. The molecule has 0 heterocycles. The summed E-state index contributed by atoms with van der Waals surface area (Å²) in [5.41, 5.74) is 8.70. The fraction of sp³-hybridized carbons (Fsp3) is 0.133. The molecule has 3 N–H and O–H groups in total. The number of para-hydroxylation sites is 2. The second kappa shape index (κ2) is 5.80. The van der Waals surface area contributed by atoms with Gasteiger partial charge in [0.25, 0.3) is 5.91 Å². The van der Waals surface area contributed by atoms with Crippen LogP contribution in [0.25, 0.3) is 0 Å². The third-order valence-electron chi connectivity index (χ3n) is 2.92. The minimum atomic E-state index is -0.178. The van der Waals surface area contributed by atoms with Gasteiger partial charge in [-0.05, 0) is 36.9 Å². The van der Waals surface area contributed by atoms with Gasteiger partial charge in [-0.3, -0.25) is 4.79 Å². The topological polar surface area (TPSA) is 55.1 Å². The number of rotatable bonds is 3. The lowest BCUT2D eigenvalue weighted by Crippen LogP contribution is -2.15. The van der Waals surface area contributed by atoms with Crippen LogP contribution in [-0.4, -0.2) is 12.2 Å². The van der Waals surface area contributed by atoms with Gasteiger partial charge in [-0.25, -0.2) is 0 Å². The SMILES string of the molecule is CSc1ccccc1NC(=O)c1cccc(C)c1N. The van der Waals surface area contributed by atoms with Gasteiger partial charge >= 0.3 is 0 Å². The Labute approximate surface area is 117 Å². The number of nitrogens with one attached hydrogen (secondary N) is 1. The van der Waals surface area contributed by atoms with Crippen molar-refractivity contribution in [2.45, 2.75) is 11.8 Å². The fourth-order valence-corrected chi connectivity index (χ4v) is 2.37. The van der Waals surface area contributed by atoms with E-state index in [1.54, 1.807) is 17.8 Å². The Kier molecular flexibility index (Phi) is 4.12. The number of nitrogens with two attached hydrogens (primary N) is 1. The van der Waals surface area contributed by atoms with Gasteiger partial charge in [0, 0.05) is 10.6 Å².